The van der Waals surface area contributed by atoms with Crippen LogP contribution in [0.2, 0.25) is 0 Å². The predicted molar refractivity (Wildman–Crippen MR) is 96.5 cm³/mol. The van der Waals surface area contributed by atoms with Gasteiger partial charge in [-0.1, -0.05) is 0 Å². The van der Waals surface area contributed by atoms with Crippen LogP contribution in [-0.2, 0) is 14.8 Å². The lowest BCUT2D eigenvalue weighted by Crippen LogP contribution is -2.46. The topological polar surface area (TPSA) is 128 Å². The highest BCUT2D eigenvalue weighted by Gasteiger charge is 2.28. The Labute approximate surface area is 152 Å². The maximum atomic E-state index is 11.4. The quantitative estimate of drug-likeness (QED) is 0.578. The van der Waals surface area contributed by atoms with Gasteiger partial charge in [0.2, 0.25) is 10.0 Å². The van der Waals surface area contributed by atoms with E-state index >= 15 is 0 Å². The molecule has 0 amide bonds. The number of ether oxygens (including phenoxy) is 1. The molecular formula is C16H24N4O5S. The van der Waals surface area contributed by atoms with Gasteiger partial charge in [-0.25, -0.2) is 13.6 Å². The summed E-state index contributed by atoms with van der Waals surface area (Å²) in [7, 11) is -3.98. The van der Waals surface area contributed by atoms with Gasteiger partial charge in [0.25, 0.3) is 5.69 Å². The molecule has 0 radical (unpaired) electrons. The zero-order chi connectivity index (χ0) is 18.7. The molecule has 2 fully saturated rings. The molecule has 10 heteroatoms. The zero-order valence-corrected chi connectivity index (χ0v) is 15.3. The molecule has 1 heterocycles. The molecule has 1 aliphatic carbocycles. The molecule has 3 N–H and O–H groups in total. The molecule has 26 heavy (non-hydrogen) atoms. The lowest BCUT2D eigenvalue weighted by molar-refractivity contribution is -0.384. The standard InChI is InChI=1S/C16H24N4O5S/c17-26(23,24)14-5-6-15(16(11-14)20(21)22)18-12-1-3-13(4-2-12)19-7-9-25-10-8-19/h5-6,11-13,18H,1-4,7-10H2,(H2,17,23,24)/t12-,13-. The number of nitro groups is 1. The summed E-state index contributed by atoms with van der Waals surface area (Å²) in [5, 5.41) is 19.6. The van der Waals surface area contributed by atoms with Gasteiger partial charge in [0.1, 0.15) is 5.69 Å². The maximum absolute atomic E-state index is 11.4. The number of anilines is 1. The molecule has 0 atom stereocenters. The Morgan fingerprint density at radius 3 is 2.42 bits per heavy atom. The first-order chi connectivity index (χ1) is 12.3. The van der Waals surface area contributed by atoms with Gasteiger partial charge in [-0.2, -0.15) is 0 Å². The van der Waals surface area contributed by atoms with Crippen molar-refractivity contribution in [1.29, 1.82) is 0 Å². The van der Waals surface area contributed by atoms with Crippen LogP contribution >= 0.6 is 0 Å². The largest absolute Gasteiger partial charge is 0.379 e. The minimum Gasteiger partial charge on any atom is -0.379 e. The summed E-state index contributed by atoms with van der Waals surface area (Å²) in [4.78, 5) is 12.9. The van der Waals surface area contributed by atoms with E-state index in [1.165, 1.54) is 12.1 Å². The third-order valence-corrected chi connectivity index (χ3v) is 6.02. The van der Waals surface area contributed by atoms with Gasteiger partial charge in [0, 0.05) is 31.2 Å². The first-order valence-corrected chi connectivity index (χ1v) is 10.3. The molecule has 1 saturated carbocycles. The summed E-state index contributed by atoms with van der Waals surface area (Å²) in [6.07, 6.45) is 3.88. The summed E-state index contributed by atoms with van der Waals surface area (Å²) >= 11 is 0. The SMILES string of the molecule is NS(=O)(=O)c1ccc(N[C@H]2CC[C@H](N3CCOCC3)CC2)c([N+](=O)[O-])c1. The van der Waals surface area contributed by atoms with Gasteiger partial charge in [0.05, 0.1) is 23.0 Å². The number of sulfonamides is 1. The van der Waals surface area contributed by atoms with Gasteiger partial charge in [-0.05, 0) is 37.8 Å². The fourth-order valence-electron chi connectivity index (χ4n) is 3.71. The molecule has 0 spiro atoms. The second-order valence-corrected chi connectivity index (χ2v) is 8.34. The van der Waals surface area contributed by atoms with Crippen molar-refractivity contribution in [2.45, 2.75) is 42.7 Å². The van der Waals surface area contributed by atoms with E-state index < -0.39 is 14.9 Å². The molecule has 0 aromatic heterocycles. The summed E-state index contributed by atoms with van der Waals surface area (Å²) in [6.45, 7) is 3.48. The maximum Gasteiger partial charge on any atom is 0.293 e. The van der Waals surface area contributed by atoms with Gasteiger partial charge in [0.15, 0.2) is 0 Å². The molecular weight excluding hydrogens is 360 g/mol. The second-order valence-electron chi connectivity index (χ2n) is 6.78. The molecule has 9 nitrogen and oxygen atoms in total. The summed E-state index contributed by atoms with van der Waals surface area (Å²) in [5.41, 5.74) is 0.0593. The average Bonchev–Trinajstić information content (AvgIpc) is 2.62. The Balaban J connectivity index is 1.65. The molecule has 1 aromatic carbocycles. The lowest BCUT2D eigenvalue weighted by Gasteiger charge is -2.39. The Hall–Kier alpha value is -1.75. The van der Waals surface area contributed by atoms with Crippen molar-refractivity contribution in [2.24, 2.45) is 5.14 Å². The highest BCUT2D eigenvalue weighted by Crippen LogP contribution is 2.31. The number of rotatable bonds is 5. The van der Waals surface area contributed by atoms with Crippen molar-refractivity contribution in [3.8, 4) is 0 Å². The number of morpholine rings is 1. The van der Waals surface area contributed by atoms with Crippen LogP contribution in [0.15, 0.2) is 23.1 Å². The molecule has 1 saturated heterocycles. The van der Waals surface area contributed by atoms with E-state index in [9.17, 15) is 18.5 Å². The van der Waals surface area contributed by atoms with E-state index in [0.717, 1.165) is 58.1 Å². The third-order valence-electron chi connectivity index (χ3n) is 5.11. The van der Waals surface area contributed by atoms with Crippen molar-refractivity contribution in [3.05, 3.63) is 28.3 Å². The number of nitrogens with zero attached hydrogens (tertiary/aromatic N) is 2. The van der Waals surface area contributed by atoms with Crippen molar-refractivity contribution >= 4 is 21.4 Å². The average molecular weight is 384 g/mol. The first kappa shape index (κ1) is 19.0. The van der Waals surface area contributed by atoms with Gasteiger partial charge < -0.3 is 10.1 Å². The Kier molecular flexibility index (Phi) is 5.76. The van der Waals surface area contributed by atoms with Crippen LogP contribution in [0.25, 0.3) is 0 Å². The van der Waals surface area contributed by atoms with E-state index in [1.54, 1.807) is 0 Å². The first-order valence-electron chi connectivity index (χ1n) is 8.74. The summed E-state index contributed by atoms with van der Waals surface area (Å²) < 4.78 is 28.2. The number of nitrogens with one attached hydrogen (secondary N) is 1. The van der Waals surface area contributed by atoms with E-state index in [-0.39, 0.29) is 16.6 Å². The predicted octanol–water partition coefficient (Wildman–Crippen LogP) is 1.30. The van der Waals surface area contributed by atoms with Crippen LogP contribution in [0.5, 0.6) is 0 Å². The molecule has 0 bridgehead atoms. The number of nitrogens with two attached hydrogens (primary N) is 1. The summed E-state index contributed by atoms with van der Waals surface area (Å²) in [6, 6.07) is 4.40. The fraction of sp³-hybridized carbons (Fsp3) is 0.625. The highest BCUT2D eigenvalue weighted by molar-refractivity contribution is 7.89. The molecule has 1 aliphatic heterocycles. The van der Waals surface area contributed by atoms with Crippen molar-refractivity contribution in [2.75, 3.05) is 31.6 Å². The zero-order valence-electron chi connectivity index (χ0n) is 14.5. The monoisotopic (exact) mass is 384 g/mol. The Morgan fingerprint density at radius 2 is 1.85 bits per heavy atom. The van der Waals surface area contributed by atoms with Crippen molar-refractivity contribution < 1.29 is 18.1 Å². The normalized spacial score (nSPS) is 25.0. The number of hydrogen-bond acceptors (Lipinski definition) is 7. The van der Waals surface area contributed by atoms with Crippen LogP contribution in [0.4, 0.5) is 11.4 Å². The number of hydrogen-bond donors (Lipinski definition) is 2. The van der Waals surface area contributed by atoms with E-state index in [0.29, 0.717) is 11.7 Å². The minimum absolute atomic E-state index is 0.131. The van der Waals surface area contributed by atoms with E-state index in [4.69, 9.17) is 9.88 Å². The Bertz CT molecular complexity index is 756. The van der Waals surface area contributed by atoms with Gasteiger partial charge >= 0.3 is 0 Å². The molecule has 144 valence electrons. The van der Waals surface area contributed by atoms with Crippen LogP contribution in [0, 0.1) is 10.1 Å². The third kappa shape index (κ3) is 4.50. The van der Waals surface area contributed by atoms with Crippen LogP contribution in [0.3, 0.4) is 0 Å². The number of nitro benzene ring substituents is 1. The van der Waals surface area contributed by atoms with Gasteiger partial charge in [-0.3, -0.25) is 15.0 Å². The van der Waals surface area contributed by atoms with Gasteiger partial charge in [-0.15, -0.1) is 0 Å². The molecule has 1 aromatic rings. The van der Waals surface area contributed by atoms with E-state index in [2.05, 4.69) is 10.2 Å². The minimum atomic E-state index is -3.98. The van der Waals surface area contributed by atoms with Crippen molar-refractivity contribution in [3.63, 3.8) is 0 Å². The van der Waals surface area contributed by atoms with E-state index in [1.807, 2.05) is 0 Å². The molecule has 2 aliphatic rings. The number of primary sulfonamides is 1. The Morgan fingerprint density at radius 1 is 1.19 bits per heavy atom. The smallest absolute Gasteiger partial charge is 0.293 e. The summed E-state index contributed by atoms with van der Waals surface area (Å²) in [5.74, 6) is 0. The van der Waals surface area contributed by atoms with Crippen LogP contribution in [0.1, 0.15) is 25.7 Å². The lowest BCUT2D eigenvalue weighted by atomic mass is 9.89. The fourth-order valence-corrected chi connectivity index (χ4v) is 4.24. The van der Waals surface area contributed by atoms with Crippen LogP contribution in [-0.4, -0.2) is 56.6 Å². The van der Waals surface area contributed by atoms with Crippen molar-refractivity contribution in [1.82, 2.24) is 4.90 Å². The molecule has 0 unspecified atom stereocenters. The molecule has 3 rings (SSSR count). The highest BCUT2D eigenvalue weighted by atomic mass is 32.2. The second kappa shape index (κ2) is 7.87. The van der Waals surface area contributed by atoms with Crippen LogP contribution < -0.4 is 10.5 Å². The number of benzene rings is 1.